The maximum Gasteiger partial charge on any atom is 0.258 e. The van der Waals surface area contributed by atoms with Crippen molar-refractivity contribution in [1.82, 2.24) is 5.32 Å². The lowest BCUT2D eigenvalue weighted by atomic mass is 9.99. The molecule has 1 aliphatic rings. The summed E-state index contributed by atoms with van der Waals surface area (Å²) in [5.74, 6) is 0.322. The monoisotopic (exact) mass is 336 g/mol. The van der Waals surface area contributed by atoms with E-state index in [4.69, 9.17) is 20.6 Å². The van der Waals surface area contributed by atoms with Crippen LogP contribution < -0.4 is 21.2 Å². The molecule has 130 valence electrons. The molecule has 2 rings (SSSR count). The SMILES string of the molecule is N/C=C(\C=[NH2+])C(=O)NC[C@H]1CC[C@@H](COc2ccc(F)cc2)CO1. The van der Waals surface area contributed by atoms with Gasteiger partial charge in [0.2, 0.25) is 0 Å². The first-order chi connectivity index (χ1) is 11.6. The van der Waals surface area contributed by atoms with E-state index in [9.17, 15) is 9.18 Å². The van der Waals surface area contributed by atoms with Crippen molar-refractivity contribution in [2.45, 2.75) is 18.9 Å². The zero-order chi connectivity index (χ0) is 17.4. The lowest BCUT2D eigenvalue weighted by molar-refractivity contribution is -0.120. The van der Waals surface area contributed by atoms with Gasteiger partial charge in [-0.2, -0.15) is 0 Å². The zero-order valence-corrected chi connectivity index (χ0v) is 13.4. The number of halogens is 1. The van der Waals surface area contributed by atoms with E-state index in [-0.39, 0.29) is 29.3 Å². The average Bonchev–Trinajstić information content (AvgIpc) is 2.61. The van der Waals surface area contributed by atoms with Crippen LogP contribution in [0.25, 0.3) is 0 Å². The summed E-state index contributed by atoms with van der Waals surface area (Å²) in [6.07, 6.45) is 4.06. The number of rotatable bonds is 7. The number of hydrogen-bond donors (Lipinski definition) is 3. The summed E-state index contributed by atoms with van der Waals surface area (Å²) in [5, 5.41) is 8.04. The van der Waals surface area contributed by atoms with Crippen LogP contribution in [0.15, 0.2) is 36.0 Å². The van der Waals surface area contributed by atoms with Crippen molar-refractivity contribution < 1.29 is 24.1 Å². The van der Waals surface area contributed by atoms with E-state index < -0.39 is 0 Å². The molecular formula is C17H23FN3O3+. The van der Waals surface area contributed by atoms with Gasteiger partial charge in [0.25, 0.3) is 5.91 Å². The Hall–Kier alpha value is -2.41. The molecule has 0 unspecified atom stereocenters. The Bertz CT molecular complexity index is 581. The van der Waals surface area contributed by atoms with Gasteiger partial charge in [-0.25, -0.2) is 4.39 Å². The largest absolute Gasteiger partial charge is 0.493 e. The molecule has 1 aliphatic heterocycles. The highest BCUT2D eigenvalue weighted by Crippen LogP contribution is 2.20. The minimum Gasteiger partial charge on any atom is -0.493 e. The van der Waals surface area contributed by atoms with Gasteiger partial charge in [0.1, 0.15) is 17.1 Å². The first-order valence-corrected chi connectivity index (χ1v) is 7.87. The smallest absolute Gasteiger partial charge is 0.258 e. The number of hydrogen-bond acceptors (Lipinski definition) is 4. The maximum atomic E-state index is 12.8. The summed E-state index contributed by atoms with van der Waals surface area (Å²) >= 11 is 0. The number of nitrogens with one attached hydrogen (secondary N) is 1. The van der Waals surface area contributed by atoms with Gasteiger partial charge in [0, 0.05) is 18.7 Å². The van der Waals surface area contributed by atoms with Crippen LogP contribution in [0.3, 0.4) is 0 Å². The normalized spacial score (nSPS) is 21.1. The Kier molecular flexibility index (Phi) is 6.74. The topological polar surface area (TPSA) is 99.2 Å². The third-order valence-electron chi connectivity index (χ3n) is 3.88. The molecule has 0 bridgehead atoms. The quantitative estimate of drug-likeness (QED) is 0.474. The average molecular weight is 336 g/mol. The molecule has 2 atom stereocenters. The fraction of sp³-hybridized carbons (Fsp3) is 0.412. The highest BCUT2D eigenvalue weighted by atomic mass is 19.1. The van der Waals surface area contributed by atoms with Gasteiger partial charge in [-0.15, -0.1) is 0 Å². The highest BCUT2D eigenvalue weighted by Gasteiger charge is 2.23. The van der Waals surface area contributed by atoms with Crippen molar-refractivity contribution in [3.8, 4) is 5.75 Å². The number of amides is 1. The van der Waals surface area contributed by atoms with E-state index in [1.807, 2.05) is 0 Å². The lowest BCUT2D eigenvalue weighted by Crippen LogP contribution is -2.41. The molecule has 0 spiro atoms. The Morgan fingerprint density at radius 2 is 2.17 bits per heavy atom. The van der Waals surface area contributed by atoms with Crippen molar-refractivity contribution in [3.63, 3.8) is 0 Å². The lowest BCUT2D eigenvalue weighted by Gasteiger charge is -2.29. The molecule has 1 amide bonds. The zero-order valence-electron chi connectivity index (χ0n) is 13.4. The molecule has 0 radical (unpaired) electrons. The molecule has 1 aromatic rings. The fourth-order valence-corrected chi connectivity index (χ4v) is 2.41. The second kappa shape index (κ2) is 9.02. The first-order valence-electron chi connectivity index (χ1n) is 7.87. The number of nitrogens with two attached hydrogens (primary N) is 2. The van der Waals surface area contributed by atoms with E-state index in [0.717, 1.165) is 12.8 Å². The fourth-order valence-electron chi connectivity index (χ4n) is 2.41. The van der Waals surface area contributed by atoms with Gasteiger partial charge >= 0.3 is 0 Å². The summed E-state index contributed by atoms with van der Waals surface area (Å²) in [4.78, 5) is 11.7. The standard InChI is InChI=1S/C17H22FN3O3/c18-14-2-5-15(6-3-14)23-10-12-1-4-16(24-11-12)9-21-17(22)13(7-19)8-20/h2-3,5-8,12,16,19H,1,4,9-11,20H2,(H,21,22)/p+1/b13-8+,19-7?/t12-,16+/m0/s1. The summed E-state index contributed by atoms with van der Waals surface area (Å²) in [5.41, 5.74) is 5.53. The molecule has 1 saturated heterocycles. The summed E-state index contributed by atoms with van der Waals surface area (Å²) in [6, 6.07) is 5.95. The van der Waals surface area contributed by atoms with E-state index >= 15 is 0 Å². The minimum atomic E-state index is -0.314. The molecule has 7 heteroatoms. The molecule has 0 aliphatic carbocycles. The Labute approximate surface area is 140 Å². The molecular weight excluding hydrogens is 313 g/mol. The van der Waals surface area contributed by atoms with Gasteiger partial charge in [0.15, 0.2) is 6.21 Å². The Morgan fingerprint density at radius 3 is 2.75 bits per heavy atom. The van der Waals surface area contributed by atoms with Crippen LogP contribution in [-0.2, 0) is 9.53 Å². The van der Waals surface area contributed by atoms with Crippen molar-refractivity contribution in [2.24, 2.45) is 11.7 Å². The molecule has 1 heterocycles. The van der Waals surface area contributed by atoms with Gasteiger partial charge in [-0.05, 0) is 37.1 Å². The van der Waals surface area contributed by atoms with E-state index in [0.29, 0.717) is 25.5 Å². The van der Waals surface area contributed by atoms with Gasteiger partial charge in [-0.1, -0.05) is 0 Å². The predicted molar refractivity (Wildman–Crippen MR) is 87.6 cm³/mol. The third kappa shape index (κ3) is 5.34. The maximum absolute atomic E-state index is 12.8. The Balaban J connectivity index is 1.67. The highest BCUT2D eigenvalue weighted by molar-refractivity contribution is 6.10. The molecule has 6 nitrogen and oxygen atoms in total. The molecule has 1 aromatic carbocycles. The van der Waals surface area contributed by atoms with Crippen LogP contribution in [0.2, 0.25) is 0 Å². The van der Waals surface area contributed by atoms with Crippen molar-refractivity contribution in [1.29, 1.82) is 0 Å². The third-order valence-corrected chi connectivity index (χ3v) is 3.88. The second-order valence-corrected chi connectivity index (χ2v) is 5.66. The summed E-state index contributed by atoms with van der Waals surface area (Å²) in [7, 11) is 0. The van der Waals surface area contributed by atoms with Crippen LogP contribution in [0.5, 0.6) is 5.75 Å². The number of ether oxygens (including phenoxy) is 2. The van der Waals surface area contributed by atoms with Crippen LogP contribution in [0.1, 0.15) is 12.8 Å². The van der Waals surface area contributed by atoms with E-state index in [2.05, 4.69) is 5.32 Å². The van der Waals surface area contributed by atoms with Gasteiger partial charge in [-0.3, -0.25) is 10.2 Å². The summed E-state index contributed by atoms with van der Waals surface area (Å²) < 4.78 is 24.2. The van der Waals surface area contributed by atoms with E-state index in [1.165, 1.54) is 24.5 Å². The number of carbonyl (C=O) groups is 1. The van der Waals surface area contributed by atoms with Crippen LogP contribution in [0.4, 0.5) is 4.39 Å². The van der Waals surface area contributed by atoms with Gasteiger partial charge < -0.3 is 20.5 Å². The minimum absolute atomic E-state index is 0.0344. The number of benzene rings is 1. The first kappa shape index (κ1) is 17.9. The summed E-state index contributed by atoms with van der Waals surface area (Å²) in [6.45, 7) is 1.49. The molecule has 24 heavy (non-hydrogen) atoms. The van der Waals surface area contributed by atoms with E-state index in [1.54, 1.807) is 12.1 Å². The molecule has 0 aromatic heterocycles. The predicted octanol–water partition coefficient (Wildman–Crippen LogP) is -0.212. The van der Waals surface area contributed by atoms with Gasteiger partial charge in [0.05, 0.1) is 19.3 Å². The van der Waals surface area contributed by atoms with Crippen LogP contribution in [-0.4, -0.2) is 38.0 Å². The molecule has 0 saturated carbocycles. The Morgan fingerprint density at radius 1 is 1.42 bits per heavy atom. The van der Waals surface area contributed by atoms with Crippen LogP contribution >= 0.6 is 0 Å². The van der Waals surface area contributed by atoms with Crippen LogP contribution in [0, 0.1) is 11.7 Å². The number of carbonyl (C=O) groups excluding carboxylic acids is 1. The molecule has 5 N–H and O–H groups in total. The van der Waals surface area contributed by atoms with Crippen molar-refractivity contribution >= 4 is 12.1 Å². The molecule has 1 fully saturated rings. The van der Waals surface area contributed by atoms with Crippen molar-refractivity contribution in [3.05, 3.63) is 41.9 Å². The second-order valence-electron chi connectivity index (χ2n) is 5.66. The van der Waals surface area contributed by atoms with Crippen molar-refractivity contribution in [2.75, 3.05) is 19.8 Å².